The number of ether oxygens (including phenoxy) is 2. The summed E-state index contributed by atoms with van der Waals surface area (Å²) in [6.45, 7) is 2.01. The van der Waals surface area contributed by atoms with Crippen molar-refractivity contribution in [3.63, 3.8) is 0 Å². The minimum absolute atomic E-state index is 0.474. The molecule has 1 N–H and O–H groups in total. The summed E-state index contributed by atoms with van der Waals surface area (Å²) < 4.78 is 11.1. The summed E-state index contributed by atoms with van der Waals surface area (Å²) >= 11 is 0. The first-order valence-electron chi connectivity index (χ1n) is 8.36. The van der Waals surface area contributed by atoms with Gasteiger partial charge in [0.05, 0.1) is 13.2 Å². The molecule has 2 unspecified atom stereocenters. The van der Waals surface area contributed by atoms with Crippen molar-refractivity contribution in [2.75, 3.05) is 20.3 Å². The Morgan fingerprint density at radius 1 is 1.19 bits per heavy atom. The minimum Gasteiger partial charge on any atom is -0.497 e. The molecule has 2 fully saturated rings. The van der Waals surface area contributed by atoms with Gasteiger partial charge in [-0.15, -0.1) is 0 Å². The van der Waals surface area contributed by atoms with E-state index < -0.39 is 0 Å². The molecular weight excluding hydrogens is 262 g/mol. The first-order chi connectivity index (χ1) is 10.4. The van der Waals surface area contributed by atoms with Crippen molar-refractivity contribution in [3.8, 4) is 5.75 Å². The average molecular weight is 289 g/mol. The molecule has 1 aliphatic carbocycles. The normalized spacial score (nSPS) is 23.8. The monoisotopic (exact) mass is 289 g/mol. The molecule has 1 saturated heterocycles. The zero-order chi connectivity index (χ0) is 14.5. The number of methoxy groups -OCH3 is 1. The highest BCUT2D eigenvalue weighted by Gasteiger charge is 2.32. The van der Waals surface area contributed by atoms with Gasteiger partial charge in [-0.1, -0.05) is 12.1 Å². The van der Waals surface area contributed by atoms with Gasteiger partial charge in [-0.3, -0.25) is 0 Å². The molecule has 21 heavy (non-hydrogen) atoms. The van der Waals surface area contributed by atoms with Gasteiger partial charge in [0.15, 0.2) is 0 Å². The molecule has 0 radical (unpaired) electrons. The van der Waals surface area contributed by atoms with Crippen molar-refractivity contribution < 1.29 is 9.47 Å². The Labute approximate surface area is 128 Å². The minimum atomic E-state index is 0.474. The molecule has 1 saturated carbocycles. The fourth-order valence-electron chi connectivity index (χ4n) is 3.23. The Morgan fingerprint density at radius 2 is 2.00 bits per heavy atom. The third-order valence-electron chi connectivity index (χ3n) is 4.67. The molecule has 3 rings (SSSR count). The summed E-state index contributed by atoms with van der Waals surface area (Å²) in [6.07, 6.45) is 8.11. The van der Waals surface area contributed by atoms with Gasteiger partial charge in [-0.25, -0.2) is 0 Å². The van der Waals surface area contributed by atoms with Crippen LogP contribution in [0.5, 0.6) is 5.75 Å². The number of rotatable bonds is 7. The predicted molar refractivity (Wildman–Crippen MR) is 84.7 cm³/mol. The highest BCUT2D eigenvalue weighted by atomic mass is 16.5. The molecule has 0 spiro atoms. The predicted octanol–water partition coefficient (Wildman–Crippen LogP) is 3.70. The Bertz CT molecular complexity index is 421. The number of hydrogen-bond donors (Lipinski definition) is 1. The summed E-state index contributed by atoms with van der Waals surface area (Å²) in [5, 5.41) is 3.76. The molecule has 1 heterocycles. The zero-order valence-corrected chi connectivity index (χ0v) is 13.0. The van der Waals surface area contributed by atoms with Gasteiger partial charge in [-0.2, -0.15) is 0 Å². The fraction of sp³-hybridized carbons (Fsp3) is 0.667. The molecule has 116 valence electrons. The van der Waals surface area contributed by atoms with Crippen LogP contribution < -0.4 is 10.1 Å². The average Bonchev–Trinajstić information content (AvgIpc) is 3.38. The standard InChI is InChI=1S/C18H27NO2/c1-20-16-9-7-15(8-10-16)18(14-5-6-14)19-12-11-17-4-2-3-13-21-17/h7-10,14,17-19H,2-6,11-13H2,1H3. The van der Waals surface area contributed by atoms with Crippen LogP contribution in [-0.4, -0.2) is 26.4 Å². The molecule has 1 aromatic carbocycles. The van der Waals surface area contributed by atoms with Gasteiger partial charge in [0.25, 0.3) is 0 Å². The first kappa shape index (κ1) is 14.9. The van der Waals surface area contributed by atoms with Crippen LogP contribution in [-0.2, 0) is 4.74 Å². The van der Waals surface area contributed by atoms with Gasteiger partial charge < -0.3 is 14.8 Å². The quantitative estimate of drug-likeness (QED) is 0.830. The van der Waals surface area contributed by atoms with Gasteiger partial charge in [0.1, 0.15) is 5.75 Å². The van der Waals surface area contributed by atoms with E-state index in [1.54, 1.807) is 7.11 Å². The van der Waals surface area contributed by atoms with E-state index in [4.69, 9.17) is 9.47 Å². The van der Waals surface area contributed by atoms with E-state index in [1.807, 2.05) is 0 Å². The van der Waals surface area contributed by atoms with Crippen molar-refractivity contribution in [1.29, 1.82) is 0 Å². The van der Waals surface area contributed by atoms with E-state index in [9.17, 15) is 0 Å². The lowest BCUT2D eigenvalue weighted by Gasteiger charge is -2.24. The van der Waals surface area contributed by atoms with Crippen molar-refractivity contribution in [2.24, 2.45) is 5.92 Å². The summed E-state index contributed by atoms with van der Waals surface area (Å²) in [7, 11) is 1.72. The molecule has 0 aromatic heterocycles. The molecular formula is C18H27NO2. The maximum atomic E-state index is 5.82. The summed E-state index contributed by atoms with van der Waals surface area (Å²) in [6, 6.07) is 9.03. The SMILES string of the molecule is COc1ccc(C(NCCC2CCCCO2)C2CC2)cc1. The lowest BCUT2D eigenvalue weighted by Crippen LogP contribution is -2.29. The second kappa shape index (κ2) is 7.28. The highest BCUT2D eigenvalue weighted by molar-refractivity contribution is 5.30. The van der Waals surface area contributed by atoms with Crippen LogP contribution >= 0.6 is 0 Å². The van der Waals surface area contributed by atoms with Crippen LogP contribution in [0.1, 0.15) is 50.1 Å². The van der Waals surface area contributed by atoms with Crippen LogP contribution in [0.3, 0.4) is 0 Å². The van der Waals surface area contributed by atoms with Crippen molar-refractivity contribution in [2.45, 2.75) is 50.7 Å². The Kier molecular flexibility index (Phi) is 5.15. The van der Waals surface area contributed by atoms with Gasteiger partial charge in [0, 0.05) is 12.6 Å². The fourth-order valence-corrected chi connectivity index (χ4v) is 3.23. The summed E-state index contributed by atoms with van der Waals surface area (Å²) in [5.74, 6) is 1.74. The Balaban J connectivity index is 1.51. The molecule has 3 heteroatoms. The molecule has 2 aliphatic rings. The molecule has 3 nitrogen and oxygen atoms in total. The Hall–Kier alpha value is -1.06. The number of hydrogen-bond acceptors (Lipinski definition) is 3. The van der Waals surface area contributed by atoms with Crippen molar-refractivity contribution in [3.05, 3.63) is 29.8 Å². The van der Waals surface area contributed by atoms with Crippen LogP contribution in [0.15, 0.2) is 24.3 Å². The second-order valence-corrected chi connectivity index (χ2v) is 6.32. The molecule has 0 bridgehead atoms. The van der Waals surface area contributed by atoms with Crippen LogP contribution in [0.2, 0.25) is 0 Å². The van der Waals surface area contributed by atoms with Crippen molar-refractivity contribution >= 4 is 0 Å². The molecule has 1 aliphatic heterocycles. The molecule has 2 atom stereocenters. The summed E-state index contributed by atoms with van der Waals surface area (Å²) in [5.41, 5.74) is 1.39. The second-order valence-electron chi connectivity index (χ2n) is 6.32. The lowest BCUT2D eigenvalue weighted by molar-refractivity contribution is 0.0111. The number of benzene rings is 1. The lowest BCUT2D eigenvalue weighted by atomic mass is 10.0. The molecule has 1 aromatic rings. The Morgan fingerprint density at radius 3 is 2.62 bits per heavy atom. The topological polar surface area (TPSA) is 30.5 Å². The maximum absolute atomic E-state index is 5.82. The van der Waals surface area contributed by atoms with E-state index in [0.29, 0.717) is 12.1 Å². The van der Waals surface area contributed by atoms with Crippen LogP contribution in [0.4, 0.5) is 0 Å². The van der Waals surface area contributed by atoms with Crippen LogP contribution in [0.25, 0.3) is 0 Å². The van der Waals surface area contributed by atoms with Gasteiger partial charge in [0.2, 0.25) is 0 Å². The van der Waals surface area contributed by atoms with E-state index in [1.165, 1.54) is 37.7 Å². The van der Waals surface area contributed by atoms with Crippen molar-refractivity contribution in [1.82, 2.24) is 5.32 Å². The van der Waals surface area contributed by atoms with E-state index in [-0.39, 0.29) is 0 Å². The highest BCUT2D eigenvalue weighted by Crippen LogP contribution is 2.41. The first-order valence-corrected chi connectivity index (χ1v) is 8.36. The third-order valence-corrected chi connectivity index (χ3v) is 4.67. The maximum Gasteiger partial charge on any atom is 0.118 e. The van der Waals surface area contributed by atoms with E-state index in [2.05, 4.69) is 29.6 Å². The van der Waals surface area contributed by atoms with E-state index >= 15 is 0 Å². The summed E-state index contributed by atoms with van der Waals surface area (Å²) in [4.78, 5) is 0. The van der Waals surface area contributed by atoms with E-state index in [0.717, 1.165) is 31.2 Å². The van der Waals surface area contributed by atoms with Gasteiger partial charge >= 0.3 is 0 Å². The smallest absolute Gasteiger partial charge is 0.118 e. The van der Waals surface area contributed by atoms with Gasteiger partial charge in [-0.05, 0) is 68.7 Å². The zero-order valence-electron chi connectivity index (χ0n) is 13.0. The van der Waals surface area contributed by atoms with Crippen LogP contribution in [0, 0.1) is 5.92 Å². The molecule has 0 amide bonds. The number of nitrogens with one attached hydrogen (secondary N) is 1. The largest absolute Gasteiger partial charge is 0.497 e. The third kappa shape index (κ3) is 4.21.